The Kier molecular flexibility index (Phi) is 70.0. The largest absolute Gasteiger partial charge is 0.382 e. The molecule has 36 nitrogen and oxygen atoms in total. The van der Waals surface area contributed by atoms with E-state index in [2.05, 4.69) is 58.5 Å². The van der Waals surface area contributed by atoms with Crippen LogP contribution in [0.25, 0.3) is 0 Å². The van der Waals surface area contributed by atoms with Crippen molar-refractivity contribution in [2.75, 3.05) is 145 Å². The fraction of sp³-hybridized carbons (Fsp3) is 0.845. The van der Waals surface area contributed by atoms with Gasteiger partial charge in [-0.05, 0) is 56.3 Å². The summed E-state index contributed by atoms with van der Waals surface area (Å²) in [6.45, 7) is 45.8. The predicted octanol–water partition coefficient (Wildman–Crippen LogP) is 3.45. The molecule has 0 fully saturated rings. The Morgan fingerprint density at radius 1 is 0.308 bits per heavy atom. The lowest BCUT2D eigenvalue weighted by Gasteiger charge is -2.27. The first-order valence-electron chi connectivity index (χ1n) is 43.2. The summed E-state index contributed by atoms with van der Waals surface area (Å²) >= 11 is 0. The number of primary amides is 3. The Bertz CT molecular complexity index is 2860. The molecule has 0 bridgehead atoms. The minimum atomic E-state index is -0.760. The monoisotopic (exact) mass is 1720 g/mol. The van der Waals surface area contributed by atoms with Gasteiger partial charge in [-0.3, -0.25) is 47.9 Å². The first-order valence-corrected chi connectivity index (χ1v) is 43.2. The number of carbonyl (C=O) groups is 13. The molecule has 0 aliphatic carbocycles. The van der Waals surface area contributed by atoms with Crippen LogP contribution in [0.15, 0.2) is 0 Å². The molecule has 0 aromatic rings. The summed E-state index contributed by atoms with van der Waals surface area (Å²) in [5, 5.41) is 31.7. The first kappa shape index (κ1) is 117. The van der Waals surface area contributed by atoms with Gasteiger partial charge in [0.15, 0.2) is 34.7 Å². The van der Waals surface area contributed by atoms with Crippen molar-refractivity contribution in [2.45, 2.75) is 263 Å². The average molecular weight is 1720 g/mol. The van der Waals surface area contributed by atoms with Gasteiger partial charge in [-0.2, -0.15) is 0 Å². The van der Waals surface area contributed by atoms with Crippen molar-refractivity contribution in [3.8, 4) is 0 Å². The fourth-order valence-corrected chi connectivity index (χ4v) is 11.8. The molecule has 0 aromatic carbocycles. The van der Waals surface area contributed by atoms with Crippen molar-refractivity contribution in [2.24, 2.45) is 76.2 Å². The van der Waals surface area contributed by atoms with Crippen molar-refractivity contribution in [3.63, 3.8) is 0 Å². The van der Waals surface area contributed by atoms with Gasteiger partial charge in [0.05, 0.1) is 135 Å². The van der Waals surface area contributed by atoms with Crippen molar-refractivity contribution in [1.82, 2.24) is 58.5 Å². The van der Waals surface area contributed by atoms with E-state index in [0.29, 0.717) is 151 Å². The second-order valence-corrected chi connectivity index (χ2v) is 33.0. The maximum absolute atomic E-state index is 13.5. The maximum Gasteiger partial charge on any atom is 0.312 e. The molecular weight excluding hydrogens is 1560 g/mol. The number of carbonyl (C=O) groups excluding carboxylic acids is 13. The van der Waals surface area contributed by atoms with Gasteiger partial charge < -0.3 is 119 Å². The summed E-state index contributed by atoms with van der Waals surface area (Å²) in [5.41, 5.74) is 21.0. The lowest BCUT2D eigenvalue weighted by atomic mass is 9.87. The second-order valence-electron chi connectivity index (χ2n) is 33.0. The molecule has 0 radical (unpaired) electrons. The quantitative estimate of drug-likeness (QED) is 0.0388. The number of amides is 10. The molecule has 0 heterocycles. The highest BCUT2D eigenvalue weighted by Crippen LogP contribution is 2.23. The van der Waals surface area contributed by atoms with E-state index < -0.39 is 72.1 Å². The van der Waals surface area contributed by atoms with Crippen LogP contribution in [-0.2, 0) is 85.8 Å². The molecule has 19 N–H and O–H groups in total. The number of nitrogens with two attached hydrogens (primary N) is 4. The SMILES string of the molecule is CC(C)NC[C@H](NC(C)C)C(=O)C[C@H](C(=O)N[C@@H](CCCNC(N)=O)C(=O)C(C)C)C(C)C.CC(C)N[C@@H](CN)C(=O)C[C@H](C(=O)N[C@@H](CCCNC(N)=O)C(=O)C(C)C)C(C)C.COCCOCCOCCOCCOCCOCCOCCOCCC(=O)NC[C@H](NC(C)C)C(=O)C[C@H](C(=O)N[C@@H](CCCNC(N)=O)C(=O)C(C)C)C(C)C. The Morgan fingerprint density at radius 3 is 0.808 bits per heavy atom. The maximum atomic E-state index is 13.5. The molecule has 36 heteroatoms. The average Bonchev–Trinajstić information content (AvgIpc) is 0.867. The molecule has 0 aromatic heterocycles. The summed E-state index contributed by atoms with van der Waals surface area (Å²) in [7, 11) is 1.63. The second kappa shape index (κ2) is 71.6. The van der Waals surface area contributed by atoms with E-state index in [0.717, 1.165) is 0 Å². The zero-order valence-corrected chi connectivity index (χ0v) is 76.8. The van der Waals surface area contributed by atoms with Crippen LogP contribution >= 0.6 is 0 Å². The van der Waals surface area contributed by atoms with Crippen LogP contribution in [0.4, 0.5) is 14.4 Å². The van der Waals surface area contributed by atoms with Crippen LogP contribution < -0.4 is 81.4 Å². The third-order valence-electron chi connectivity index (χ3n) is 18.7. The molecule has 0 saturated heterocycles. The van der Waals surface area contributed by atoms with E-state index in [9.17, 15) is 62.3 Å². The van der Waals surface area contributed by atoms with Crippen LogP contribution in [0.1, 0.15) is 203 Å². The highest BCUT2D eigenvalue weighted by atomic mass is 16.6. The molecule has 0 rings (SSSR count). The number of Topliss-reactive ketones (excluding diaryl/α,β-unsaturated/α-hetero) is 6. The molecule has 0 aliphatic heterocycles. The van der Waals surface area contributed by atoms with Gasteiger partial charge in [-0.25, -0.2) is 14.4 Å². The van der Waals surface area contributed by atoms with E-state index in [-0.39, 0.29) is 170 Å². The topological polar surface area (TPSA) is 532 Å². The third kappa shape index (κ3) is 62.3. The summed E-state index contributed by atoms with van der Waals surface area (Å²) in [4.78, 5) is 162. The number of nitrogens with one attached hydrogen (secondary N) is 11. The highest BCUT2D eigenvalue weighted by Gasteiger charge is 2.36. The number of ketones is 6. The normalized spacial score (nSPS) is 13.8. The van der Waals surface area contributed by atoms with Gasteiger partial charge in [0.2, 0.25) is 23.6 Å². The van der Waals surface area contributed by atoms with Gasteiger partial charge in [0, 0.05) is 132 Å². The molecule has 0 spiro atoms. The van der Waals surface area contributed by atoms with Crippen LogP contribution in [0.5, 0.6) is 0 Å². The van der Waals surface area contributed by atoms with Gasteiger partial charge >= 0.3 is 18.1 Å². The van der Waals surface area contributed by atoms with Gasteiger partial charge in [0.1, 0.15) is 0 Å². The minimum absolute atomic E-state index is 0.0249. The van der Waals surface area contributed by atoms with E-state index in [1.807, 2.05) is 96.9 Å². The first-order chi connectivity index (χ1) is 56.4. The van der Waals surface area contributed by atoms with E-state index in [1.165, 1.54) is 0 Å². The summed E-state index contributed by atoms with van der Waals surface area (Å²) in [6, 6.07) is -5.24. The molecular formula is C84H163N15O21. The predicted molar refractivity (Wildman–Crippen MR) is 463 cm³/mol. The smallest absolute Gasteiger partial charge is 0.312 e. The Labute approximate surface area is 716 Å². The van der Waals surface area contributed by atoms with Crippen molar-refractivity contribution in [3.05, 3.63) is 0 Å². The molecule has 0 saturated carbocycles. The molecule has 10 amide bonds. The number of methoxy groups -OCH3 is 1. The van der Waals surface area contributed by atoms with Crippen LogP contribution in [0, 0.1) is 53.3 Å². The van der Waals surface area contributed by atoms with Crippen LogP contribution in [0.3, 0.4) is 0 Å². The molecule has 120 heavy (non-hydrogen) atoms. The standard InChI is InChI=1S/C39H75N5O13.C24H47N5O4.C21H41N5O4/c1-29(2)32(38(48)44-33(37(47)30(3)4)9-8-11-41-39(40)49)27-35(45)34(43-31(5)6)28-42-36(46)10-12-51-15-16-53-19-20-55-23-24-57-26-25-56-22-21-54-18-17-52-14-13-50-7;1-14(2)18(12-21(30)20(28-17(7)8)13-27-16(5)6)23(32)29-19(22(31)15(3)4)10-9-11-26-24(25)33;1-12(2)15(10-18(27)17(11-22)25-14(5)6)20(29)26-16(19(28)13(3)4)8-7-9-24-21(23)30/h29-34,43H,8-28H2,1-7H3,(H,42,46)(H,44,48)(H3,40,41,49);14-20,27-28H,9-13H2,1-8H3,(H,29,32)(H3,25,26,33);12-17,25H,7-11,22H2,1-6H3,(H,26,29)(H3,23,24,30)/t32-,33-,34-;18-,19-,20-;15-,16-,17-/m000/s1. The number of hydrogen-bond donors (Lipinski definition) is 15. The highest BCUT2D eigenvalue weighted by molar-refractivity contribution is 5.96. The van der Waals surface area contributed by atoms with E-state index in [1.54, 1.807) is 48.7 Å². The lowest BCUT2D eigenvalue weighted by molar-refractivity contribution is -0.135. The molecule has 9 atom stereocenters. The zero-order valence-electron chi connectivity index (χ0n) is 76.8. The Morgan fingerprint density at radius 2 is 0.567 bits per heavy atom. The van der Waals surface area contributed by atoms with Gasteiger partial charge in [-0.1, -0.05) is 138 Å². The lowest BCUT2D eigenvalue weighted by Crippen LogP contribution is -2.51. The van der Waals surface area contributed by atoms with Crippen molar-refractivity contribution in [1.29, 1.82) is 0 Å². The van der Waals surface area contributed by atoms with Gasteiger partial charge in [-0.15, -0.1) is 0 Å². The number of urea groups is 3. The Balaban J connectivity index is -0.00000185. The van der Waals surface area contributed by atoms with Gasteiger partial charge in [0.25, 0.3) is 0 Å². The number of hydrogen-bond acceptors (Lipinski definition) is 26. The Hall–Kier alpha value is -6.81. The molecule has 0 aliphatic rings. The van der Waals surface area contributed by atoms with E-state index in [4.69, 9.17) is 60.8 Å². The molecule has 700 valence electrons. The fourth-order valence-electron chi connectivity index (χ4n) is 11.8. The number of rotatable bonds is 72. The summed E-state index contributed by atoms with van der Waals surface area (Å²) in [6.07, 6.45) is 2.69. The van der Waals surface area contributed by atoms with Crippen LogP contribution in [0.2, 0.25) is 0 Å². The van der Waals surface area contributed by atoms with Crippen molar-refractivity contribution < 1.29 is 100 Å². The van der Waals surface area contributed by atoms with Crippen LogP contribution in [-0.4, -0.2) is 282 Å². The summed E-state index contributed by atoms with van der Waals surface area (Å²) in [5.74, 6) is -4.90. The molecule has 0 unspecified atom stereocenters. The van der Waals surface area contributed by atoms with Crippen molar-refractivity contribution >= 4 is 76.4 Å². The minimum Gasteiger partial charge on any atom is -0.382 e. The number of ether oxygens (including phenoxy) is 8. The third-order valence-corrected chi connectivity index (χ3v) is 18.7. The van der Waals surface area contributed by atoms with E-state index >= 15 is 0 Å². The zero-order chi connectivity index (χ0) is 91.8. The summed E-state index contributed by atoms with van der Waals surface area (Å²) < 4.78 is 43.0.